The minimum Gasteiger partial charge on any atom is -0.326 e. The first-order chi connectivity index (χ1) is 7.09. The van der Waals surface area contributed by atoms with Gasteiger partial charge in [-0.05, 0) is 39.3 Å². The molecule has 1 aliphatic rings. The van der Waals surface area contributed by atoms with Crippen LogP contribution in [0.15, 0.2) is 12.1 Å². The lowest BCUT2D eigenvalue weighted by molar-refractivity contribution is 0.201. The molecule has 15 heavy (non-hydrogen) atoms. The van der Waals surface area contributed by atoms with Gasteiger partial charge in [-0.15, -0.1) is 11.3 Å². The molecule has 0 unspecified atom stereocenters. The number of aryl methyl sites for hydroxylation is 1. The predicted molar refractivity (Wildman–Crippen MR) is 66.2 cm³/mol. The Morgan fingerprint density at radius 3 is 2.73 bits per heavy atom. The van der Waals surface area contributed by atoms with Gasteiger partial charge in [0.15, 0.2) is 0 Å². The van der Waals surface area contributed by atoms with Crippen LogP contribution in [0.2, 0.25) is 0 Å². The fraction of sp³-hybridized carbons (Fsp3) is 0.667. The Kier molecular flexibility index (Phi) is 3.14. The van der Waals surface area contributed by atoms with Crippen molar-refractivity contribution < 1.29 is 0 Å². The summed E-state index contributed by atoms with van der Waals surface area (Å²) in [5.41, 5.74) is 6.21. The van der Waals surface area contributed by atoms with Crippen LogP contribution in [0.5, 0.6) is 0 Å². The fourth-order valence-electron chi connectivity index (χ4n) is 2.41. The Labute approximate surface area is 96.1 Å². The summed E-state index contributed by atoms with van der Waals surface area (Å²) in [6.07, 6.45) is 1.12. The molecule has 0 bridgehead atoms. The second kappa shape index (κ2) is 4.24. The number of hydrogen-bond acceptors (Lipinski definition) is 3. The van der Waals surface area contributed by atoms with Gasteiger partial charge in [0.05, 0.1) is 6.04 Å². The van der Waals surface area contributed by atoms with Crippen molar-refractivity contribution in [3.05, 3.63) is 21.9 Å². The molecule has 0 aromatic carbocycles. The van der Waals surface area contributed by atoms with E-state index >= 15 is 0 Å². The zero-order valence-corrected chi connectivity index (χ0v) is 10.6. The zero-order valence-electron chi connectivity index (χ0n) is 9.73. The number of rotatable bonds is 2. The molecule has 0 aliphatic carbocycles. The largest absolute Gasteiger partial charge is 0.326 e. The molecule has 0 saturated carbocycles. The van der Waals surface area contributed by atoms with Gasteiger partial charge in [0, 0.05) is 28.4 Å². The second-order valence-electron chi connectivity index (χ2n) is 4.68. The second-order valence-corrected chi connectivity index (χ2v) is 6.00. The van der Waals surface area contributed by atoms with Crippen LogP contribution < -0.4 is 5.73 Å². The summed E-state index contributed by atoms with van der Waals surface area (Å²) >= 11 is 1.89. The molecule has 0 amide bonds. The maximum absolute atomic E-state index is 6.21. The molecule has 2 rings (SSSR count). The summed E-state index contributed by atoms with van der Waals surface area (Å²) < 4.78 is 0. The highest BCUT2D eigenvalue weighted by molar-refractivity contribution is 7.12. The topological polar surface area (TPSA) is 29.3 Å². The normalized spacial score (nSPS) is 27.8. The molecule has 1 fully saturated rings. The highest BCUT2D eigenvalue weighted by Crippen LogP contribution is 2.36. The lowest BCUT2D eigenvalue weighted by atomic mass is 10.1. The molecule has 0 spiro atoms. The molecule has 0 radical (unpaired) electrons. The van der Waals surface area contributed by atoms with Crippen molar-refractivity contribution in [3.8, 4) is 0 Å². The monoisotopic (exact) mass is 224 g/mol. The van der Waals surface area contributed by atoms with Gasteiger partial charge in [-0.25, -0.2) is 0 Å². The predicted octanol–water partition coefficient (Wildman–Crippen LogP) is 2.54. The van der Waals surface area contributed by atoms with Crippen LogP contribution in [-0.4, -0.2) is 23.5 Å². The molecule has 1 aliphatic heterocycles. The van der Waals surface area contributed by atoms with Crippen LogP contribution in [-0.2, 0) is 0 Å². The third-order valence-electron chi connectivity index (χ3n) is 3.20. The number of nitrogens with two attached hydrogens (primary N) is 1. The molecule has 1 saturated heterocycles. The summed E-state index contributed by atoms with van der Waals surface area (Å²) in [6.45, 7) is 7.81. The van der Waals surface area contributed by atoms with Gasteiger partial charge in [-0.3, -0.25) is 4.90 Å². The van der Waals surface area contributed by atoms with E-state index in [1.807, 2.05) is 11.3 Å². The summed E-state index contributed by atoms with van der Waals surface area (Å²) in [5.74, 6) is 0. The minimum absolute atomic E-state index is 0.311. The van der Waals surface area contributed by atoms with Crippen LogP contribution in [0.1, 0.15) is 36.1 Å². The van der Waals surface area contributed by atoms with E-state index in [9.17, 15) is 0 Å². The molecule has 3 heteroatoms. The van der Waals surface area contributed by atoms with E-state index in [0.717, 1.165) is 13.0 Å². The molecular formula is C12H20N2S. The fourth-order valence-corrected chi connectivity index (χ4v) is 3.48. The third-order valence-corrected chi connectivity index (χ3v) is 4.27. The summed E-state index contributed by atoms with van der Waals surface area (Å²) in [7, 11) is 0. The van der Waals surface area contributed by atoms with Crippen molar-refractivity contribution in [1.29, 1.82) is 0 Å². The van der Waals surface area contributed by atoms with Crippen LogP contribution in [0.4, 0.5) is 0 Å². The van der Waals surface area contributed by atoms with Crippen LogP contribution in [0.25, 0.3) is 0 Å². The van der Waals surface area contributed by atoms with E-state index in [-0.39, 0.29) is 0 Å². The first-order valence-corrected chi connectivity index (χ1v) is 6.49. The Morgan fingerprint density at radius 1 is 1.47 bits per heavy atom. The molecule has 2 N–H and O–H groups in total. The average molecular weight is 224 g/mol. The van der Waals surface area contributed by atoms with Gasteiger partial charge in [-0.2, -0.15) is 0 Å². The molecule has 1 aromatic heterocycles. The molecule has 84 valence electrons. The number of likely N-dealkylation sites (tertiary alicyclic amines) is 1. The third kappa shape index (κ3) is 2.10. The zero-order chi connectivity index (χ0) is 11.0. The van der Waals surface area contributed by atoms with Gasteiger partial charge in [-0.1, -0.05) is 0 Å². The molecule has 1 aromatic rings. The maximum atomic E-state index is 6.21. The van der Waals surface area contributed by atoms with Gasteiger partial charge in [0.1, 0.15) is 0 Å². The summed E-state index contributed by atoms with van der Waals surface area (Å²) in [6, 6.07) is 5.79. The molecule has 2 nitrogen and oxygen atoms in total. The van der Waals surface area contributed by atoms with Gasteiger partial charge >= 0.3 is 0 Å². The number of thiophene rings is 1. The number of hydrogen-bond donors (Lipinski definition) is 1. The van der Waals surface area contributed by atoms with Crippen molar-refractivity contribution in [2.24, 2.45) is 5.73 Å². The molecule has 2 atom stereocenters. The maximum Gasteiger partial charge on any atom is 0.0596 e. The van der Waals surface area contributed by atoms with Crippen molar-refractivity contribution in [3.63, 3.8) is 0 Å². The van der Waals surface area contributed by atoms with Crippen molar-refractivity contribution in [2.45, 2.75) is 45.3 Å². The summed E-state index contributed by atoms with van der Waals surface area (Å²) in [5, 5.41) is 0. The molecular weight excluding hydrogens is 204 g/mol. The first-order valence-electron chi connectivity index (χ1n) is 5.67. The van der Waals surface area contributed by atoms with Gasteiger partial charge < -0.3 is 5.73 Å². The van der Waals surface area contributed by atoms with E-state index in [2.05, 4.69) is 37.8 Å². The Bertz CT molecular complexity index is 332. The van der Waals surface area contributed by atoms with E-state index in [1.165, 1.54) is 9.75 Å². The Balaban J connectivity index is 2.24. The highest BCUT2D eigenvalue weighted by Gasteiger charge is 2.34. The van der Waals surface area contributed by atoms with E-state index < -0.39 is 0 Å². The Hall–Kier alpha value is -0.380. The average Bonchev–Trinajstić information content (AvgIpc) is 2.71. The lowest BCUT2D eigenvalue weighted by Crippen LogP contribution is -2.35. The van der Waals surface area contributed by atoms with Crippen molar-refractivity contribution in [1.82, 2.24) is 4.90 Å². The first kappa shape index (κ1) is 11.1. The smallest absolute Gasteiger partial charge is 0.0596 e. The minimum atomic E-state index is 0.311. The van der Waals surface area contributed by atoms with Crippen LogP contribution in [0.3, 0.4) is 0 Å². The van der Waals surface area contributed by atoms with Crippen LogP contribution in [0, 0.1) is 6.92 Å². The lowest BCUT2D eigenvalue weighted by Gasteiger charge is -2.29. The van der Waals surface area contributed by atoms with E-state index in [0.29, 0.717) is 18.1 Å². The highest BCUT2D eigenvalue weighted by atomic mass is 32.1. The van der Waals surface area contributed by atoms with Crippen molar-refractivity contribution >= 4 is 11.3 Å². The van der Waals surface area contributed by atoms with E-state index in [4.69, 9.17) is 5.73 Å². The van der Waals surface area contributed by atoms with Crippen molar-refractivity contribution in [2.75, 3.05) is 6.54 Å². The van der Waals surface area contributed by atoms with Gasteiger partial charge in [0.2, 0.25) is 0 Å². The number of nitrogens with zero attached hydrogens (tertiary/aromatic N) is 1. The standard InChI is InChI=1S/C12H20N2S/c1-8(2)14-7-6-10(13)12(14)11-5-4-9(3)15-11/h4-5,8,10,12H,6-7,13H2,1-3H3/t10-,12-/m1/s1. The quantitative estimate of drug-likeness (QED) is 0.836. The van der Waals surface area contributed by atoms with E-state index in [1.54, 1.807) is 0 Å². The Morgan fingerprint density at radius 2 is 2.20 bits per heavy atom. The SMILES string of the molecule is Cc1ccc([C@H]2[C@H](N)CCN2C(C)C)s1. The van der Waals surface area contributed by atoms with Crippen LogP contribution >= 0.6 is 11.3 Å². The van der Waals surface area contributed by atoms with Gasteiger partial charge in [0.25, 0.3) is 0 Å². The molecule has 2 heterocycles. The summed E-state index contributed by atoms with van der Waals surface area (Å²) in [4.78, 5) is 5.34.